The van der Waals surface area contributed by atoms with Gasteiger partial charge in [0.25, 0.3) is 0 Å². The van der Waals surface area contributed by atoms with Crippen molar-refractivity contribution in [2.24, 2.45) is 0 Å². The van der Waals surface area contributed by atoms with Crippen molar-refractivity contribution >= 4 is 120 Å². The van der Waals surface area contributed by atoms with E-state index in [-0.39, 0.29) is 37.1 Å². The van der Waals surface area contributed by atoms with Gasteiger partial charge in [-0.25, -0.2) is 0 Å². The minimum atomic E-state index is -0.314. The van der Waals surface area contributed by atoms with E-state index < -0.39 is 0 Å². The van der Waals surface area contributed by atoms with Gasteiger partial charge in [0.15, 0.2) is 0 Å². The molecular weight excluding hydrogens is 1500 g/mol. The lowest BCUT2D eigenvalue weighted by Crippen LogP contribution is -2.10. The Morgan fingerprint density at radius 1 is 0.333 bits per heavy atom. The molecule has 8 aromatic rings. The van der Waals surface area contributed by atoms with E-state index in [4.69, 9.17) is 95.9 Å². The third-order valence-electron chi connectivity index (χ3n) is 15.0. The predicted octanol–water partition coefficient (Wildman–Crippen LogP) is 22.7. The molecule has 0 saturated carbocycles. The van der Waals surface area contributed by atoms with Gasteiger partial charge < -0.3 is 37.9 Å². The fourth-order valence-corrected chi connectivity index (χ4v) is 11.1. The van der Waals surface area contributed by atoms with Crippen LogP contribution in [-0.2, 0) is 71.3 Å². The van der Waals surface area contributed by atoms with E-state index in [0.29, 0.717) is 98.3 Å². The first-order chi connectivity index (χ1) is 45.8. The molecule has 0 atom stereocenters. The van der Waals surface area contributed by atoms with Gasteiger partial charge in [0.2, 0.25) is 0 Å². The summed E-state index contributed by atoms with van der Waals surface area (Å²) in [6, 6.07) is 37.4. The number of hydrogen-bond donors (Lipinski definition) is 0. The van der Waals surface area contributed by atoms with Gasteiger partial charge in [0, 0.05) is 70.5 Å². The van der Waals surface area contributed by atoms with Gasteiger partial charge in [-0.15, -0.1) is 0 Å². The lowest BCUT2D eigenvalue weighted by molar-refractivity contribution is -0.135. The van der Waals surface area contributed by atoms with Crippen LogP contribution in [0.5, 0.6) is 46.0 Å². The average Bonchev–Trinajstić information content (AvgIpc) is 1.63. The summed E-state index contributed by atoms with van der Waals surface area (Å²) in [5.41, 5.74) is 12.7. The molecule has 8 rings (SSSR count). The second-order valence-corrected chi connectivity index (χ2v) is 26.0. The number of aryl methyl sites for hydroxylation is 9. The van der Waals surface area contributed by atoms with Crippen LogP contribution < -0.4 is 37.9 Å². The minimum Gasteiger partial charge on any atom is -0.488 e. The van der Waals surface area contributed by atoms with Crippen molar-refractivity contribution in [3.8, 4) is 46.0 Å². The van der Waals surface area contributed by atoms with Crippen molar-refractivity contribution < 1.29 is 57.1 Å². The Kier molecular flexibility index (Phi) is 33.7. The largest absolute Gasteiger partial charge is 0.488 e. The maximum atomic E-state index is 11.6. The topological polar surface area (TPSA) is 142 Å². The van der Waals surface area contributed by atoms with Crippen LogP contribution in [0.1, 0.15) is 153 Å². The van der Waals surface area contributed by atoms with Crippen molar-refractivity contribution in [3.05, 3.63) is 227 Å². The number of ether oxygens (including phenoxy) is 8. The molecule has 0 aliphatic heterocycles. The number of halogens is 7. The third-order valence-corrected chi connectivity index (χ3v) is 18.8. The maximum Gasteiger partial charge on any atom is 0.310 e. The molecule has 0 radical (unpaired) electrons. The quantitative estimate of drug-likeness (QED) is 0.0323. The molecule has 96 heavy (non-hydrogen) atoms. The van der Waals surface area contributed by atoms with Gasteiger partial charge in [-0.1, -0.05) is 184 Å². The molecule has 0 N–H and O–H groups in total. The molecular formula is C77H83BrCl5IO12. The van der Waals surface area contributed by atoms with E-state index in [9.17, 15) is 19.2 Å². The van der Waals surface area contributed by atoms with E-state index in [1.54, 1.807) is 64.1 Å². The van der Waals surface area contributed by atoms with Crippen molar-refractivity contribution in [1.82, 2.24) is 0 Å². The molecule has 8 aromatic carbocycles. The van der Waals surface area contributed by atoms with Gasteiger partial charge in [0.1, 0.15) is 72.4 Å². The maximum absolute atomic E-state index is 11.6. The van der Waals surface area contributed by atoms with Crippen LogP contribution in [-0.4, -0.2) is 23.9 Å². The van der Waals surface area contributed by atoms with Crippen LogP contribution >= 0.6 is 96.5 Å². The number of carbonyl (C=O) groups is 4. The molecule has 0 amide bonds. The highest BCUT2D eigenvalue weighted by atomic mass is 127. The first-order valence-corrected chi connectivity index (χ1v) is 35.5. The normalized spacial score (nSPS) is 10.5. The summed E-state index contributed by atoms with van der Waals surface area (Å²) in [5, 5.41) is 3.19. The first-order valence-electron chi connectivity index (χ1n) is 31.7. The molecule has 0 unspecified atom stereocenters. The Balaban J connectivity index is 0.000000231. The number of benzene rings is 8. The van der Waals surface area contributed by atoms with Gasteiger partial charge in [-0.05, 0) is 200 Å². The van der Waals surface area contributed by atoms with E-state index in [1.807, 2.05) is 120 Å². The molecule has 0 aliphatic carbocycles. The Morgan fingerprint density at radius 3 is 0.969 bits per heavy atom. The monoisotopic (exact) mass is 1580 g/mol. The Hall–Kier alpha value is -6.50. The van der Waals surface area contributed by atoms with Crippen LogP contribution in [0.15, 0.2) is 126 Å². The highest BCUT2D eigenvalue weighted by Crippen LogP contribution is 2.37. The van der Waals surface area contributed by atoms with Crippen LogP contribution in [0.4, 0.5) is 0 Å². The van der Waals surface area contributed by atoms with Crippen LogP contribution in [0, 0.1) is 38.2 Å². The third kappa shape index (κ3) is 23.9. The summed E-state index contributed by atoms with van der Waals surface area (Å²) in [4.78, 5) is 46.4. The Labute approximate surface area is 613 Å². The fraction of sp³-hybridized carbons (Fsp3) is 0.325. The molecule has 0 spiro atoms. The van der Waals surface area contributed by atoms with Crippen molar-refractivity contribution in [2.45, 2.75) is 168 Å². The zero-order chi connectivity index (χ0) is 70.8. The molecule has 0 fully saturated rings. The van der Waals surface area contributed by atoms with E-state index in [0.717, 1.165) is 118 Å². The summed E-state index contributed by atoms with van der Waals surface area (Å²) < 4.78 is 47.3. The zero-order valence-electron chi connectivity index (χ0n) is 56.6. The SMILES string of the molecule is CCC(=O)Oc1cccc(Br)c1COc1cc(Cl)c(C)cc1CC.CCC(=O)Oc1cccc(C)c1COc1cc(Cl)c(C)cc1CC.CCC(=O)Oc1cccc(Cl)c1COc1cc(Cl)c(C)cc1CC.CCC(=O)Oc1cccc(I)c1COc1cc(Cl)c(C)cc1CC. The van der Waals surface area contributed by atoms with Gasteiger partial charge in [0.05, 0.1) is 10.6 Å². The van der Waals surface area contributed by atoms with E-state index in [1.165, 1.54) is 0 Å². The second-order valence-electron chi connectivity index (χ2n) is 21.9. The first kappa shape index (κ1) is 80.2. The zero-order valence-corrected chi connectivity index (χ0v) is 64.1. The number of carbonyl (C=O) groups excluding carboxylic acids is 4. The van der Waals surface area contributed by atoms with E-state index in [2.05, 4.69) is 66.2 Å². The summed E-state index contributed by atoms with van der Waals surface area (Å²) >= 11 is 36.8. The average molecular weight is 1580 g/mol. The smallest absolute Gasteiger partial charge is 0.310 e. The second kappa shape index (κ2) is 40.4. The molecule has 0 aliphatic rings. The van der Waals surface area contributed by atoms with Crippen LogP contribution in [0.25, 0.3) is 0 Å². The predicted molar refractivity (Wildman–Crippen MR) is 399 cm³/mol. The van der Waals surface area contributed by atoms with Crippen molar-refractivity contribution in [1.29, 1.82) is 0 Å². The van der Waals surface area contributed by atoms with Crippen LogP contribution in [0.3, 0.4) is 0 Å². The Bertz CT molecular complexity index is 3480. The lowest BCUT2D eigenvalue weighted by Gasteiger charge is -2.16. The molecule has 0 bridgehead atoms. The van der Waals surface area contributed by atoms with Gasteiger partial charge in [-0.2, -0.15) is 0 Å². The standard InChI is InChI=1S/C20H23ClO3.C19H20BrClO3.C19H20Cl2O3.C19H20ClIO3/c1-5-15-10-14(4)17(21)11-19(15)23-12-16-13(3)8-7-9-18(16)24-20(22)6-2;2*1-4-13-9-12(3)16(21)10-18(13)23-11-14-15(20)7-6-8-17(14)24-19(22)5-2;1-4-13-9-12(3)15(20)10-18(13)23-11-14-16(21)7-6-8-17(14)24-19(22)5-2/h7-11H,5-6,12H2,1-4H3;3*6-10H,4-5,11H2,1-3H3. The summed E-state index contributed by atoms with van der Waals surface area (Å²) in [6.45, 7) is 26.3. The van der Waals surface area contributed by atoms with Crippen LogP contribution in [0.2, 0.25) is 25.1 Å². The summed E-state index contributed by atoms with van der Waals surface area (Å²) in [6.07, 6.45) is 4.67. The highest BCUT2D eigenvalue weighted by molar-refractivity contribution is 14.1. The molecule has 512 valence electrons. The Morgan fingerprint density at radius 2 is 0.615 bits per heavy atom. The molecule has 0 heterocycles. The van der Waals surface area contributed by atoms with Gasteiger partial charge >= 0.3 is 23.9 Å². The number of esters is 4. The summed E-state index contributed by atoms with van der Waals surface area (Å²) in [7, 11) is 0. The molecule has 0 saturated heterocycles. The number of rotatable bonds is 24. The molecule has 12 nitrogen and oxygen atoms in total. The fourth-order valence-electron chi connectivity index (χ4n) is 9.19. The van der Waals surface area contributed by atoms with Crippen molar-refractivity contribution in [3.63, 3.8) is 0 Å². The van der Waals surface area contributed by atoms with E-state index >= 15 is 0 Å². The highest BCUT2D eigenvalue weighted by Gasteiger charge is 2.19. The number of hydrogen-bond acceptors (Lipinski definition) is 12. The van der Waals surface area contributed by atoms with Gasteiger partial charge in [-0.3, -0.25) is 19.2 Å². The molecule has 0 aromatic heterocycles. The summed E-state index contributed by atoms with van der Waals surface area (Å²) in [5.74, 6) is 3.91. The lowest BCUT2D eigenvalue weighted by atomic mass is 10.1. The van der Waals surface area contributed by atoms with Crippen molar-refractivity contribution in [2.75, 3.05) is 0 Å². The molecule has 19 heteroatoms. The minimum absolute atomic E-state index is 0.193.